The average molecular weight is 472 g/mol. The van der Waals surface area contributed by atoms with Crippen molar-refractivity contribution in [1.82, 2.24) is 15.5 Å². The maximum absolute atomic E-state index is 13.2. The third-order valence-corrected chi connectivity index (χ3v) is 5.96. The Morgan fingerprint density at radius 1 is 1.29 bits per heavy atom. The van der Waals surface area contributed by atoms with Crippen molar-refractivity contribution in [1.29, 1.82) is 0 Å². The number of rotatable bonds is 11. The second-order valence-corrected chi connectivity index (χ2v) is 9.02. The molecule has 0 saturated carbocycles. The summed E-state index contributed by atoms with van der Waals surface area (Å²) in [5.74, 6) is -0.716. The van der Waals surface area contributed by atoms with Gasteiger partial charge in [-0.05, 0) is 30.9 Å². The Bertz CT molecular complexity index is 1060. The van der Waals surface area contributed by atoms with E-state index in [0.717, 1.165) is 0 Å². The van der Waals surface area contributed by atoms with Gasteiger partial charge in [0.05, 0.1) is 25.6 Å². The highest BCUT2D eigenvalue weighted by atomic mass is 16.5. The molecule has 34 heavy (non-hydrogen) atoms. The monoisotopic (exact) mass is 471 g/mol. The van der Waals surface area contributed by atoms with E-state index in [4.69, 9.17) is 9.15 Å². The molecule has 2 N–H and O–H groups in total. The van der Waals surface area contributed by atoms with Crippen LogP contribution in [0.5, 0.6) is 5.75 Å². The molecule has 9 nitrogen and oxygen atoms in total. The summed E-state index contributed by atoms with van der Waals surface area (Å²) in [4.78, 5) is 52.2. The topological polar surface area (TPSA) is 118 Å². The normalized spacial score (nSPS) is 16.4. The van der Waals surface area contributed by atoms with Gasteiger partial charge in [0.1, 0.15) is 0 Å². The van der Waals surface area contributed by atoms with Crippen LogP contribution in [-0.4, -0.2) is 61.2 Å². The molecule has 1 aliphatic heterocycles. The molecule has 2 atom stereocenters. The standard InChI is InChI=1S/C25H33N3O6/c1-5-22(30)28(13-17-9-10-26-24(17)31)14-19(29)18(11-15(2)3)27-25(32)21-12-16-7-6-8-20(33-4)23(16)34-21/h6-8,12,15,17-18H,5,9-11,13-14H2,1-4H3,(H,26,31)(H,27,32)/t17-,18-/m0/s1. The van der Waals surface area contributed by atoms with Gasteiger partial charge in [-0.3, -0.25) is 19.2 Å². The average Bonchev–Trinajstić information content (AvgIpc) is 3.43. The summed E-state index contributed by atoms with van der Waals surface area (Å²) in [6.45, 7) is 6.22. The second-order valence-electron chi connectivity index (χ2n) is 9.02. The number of fused-ring (bicyclic) bond motifs is 1. The highest BCUT2D eigenvalue weighted by molar-refractivity contribution is 6.00. The number of carbonyl (C=O) groups excluding carboxylic acids is 4. The number of methoxy groups -OCH3 is 1. The van der Waals surface area contributed by atoms with Crippen molar-refractivity contribution in [3.63, 3.8) is 0 Å². The van der Waals surface area contributed by atoms with Crippen molar-refractivity contribution in [2.24, 2.45) is 11.8 Å². The Balaban J connectivity index is 1.75. The number of Topliss-reactive ketones (excluding diaryl/α,β-unsaturated/α-hetero) is 1. The summed E-state index contributed by atoms with van der Waals surface area (Å²) in [6, 6.07) is 6.15. The molecule has 0 spiro atoms. The quantitative estimate of drug-likeness (QED) is 0.520. The van der Waals surface area contributed by atoms with Gasteiger partial charge in [-0.1, -0.05) is 32.9 Å². The van der Waals surface area contributed by atoms with Crippen molar-refractivity contribution >= 4 is 34.5 Å². The van der Waals surface area contributed by atoms with Gasteiger partial charge < -0.3 is 24.7 Å². The number of carbonyl (C=O) groups is 4. The van der Waals surface area contributed by atoms with Crippen LogP contribution in [0.2, 0.25) is 0 Å². The first-order valence-electron chi connectivity index (χ1n) is 11.7. The number of nitrogens with one attached hydrogen (secondary N) is 2. The number of benzene rings is 1. The maximum atomic E-state index is 13.2. The van der Waals surface area contributed by atoms with Gasteiger partial charge in [-0.15, -0.1) is 0 Å². The third kappa shape index (κ3) is 5.95. The first-order chi connectivity index (χ1) is 16.2. The van der Waals surface area contributed by atoms with Crippen LogP contribution in [0.3, 0.4) is 0 Å². The lowest BCUT2D eigenvalue weighted by Gasteiger charge is -2.27. The fourth-order valence-corrected chi connectivity index (χ4v) is 4.14. The Labute approximate surface area is 199 Å². The number of para-hydroxylation sites is 1. The summed E-state index contributed by atoms with van der Waals surface area (Å²) in [5.41, 5.74) is 0.455. The Morgan fingerprint density at radius 2 is 2.06 bits per heavy atom. The van der Waals surface area contributed by atoms with E-state index in [9.17, 15) is 19.2 Å². The van der Waals surface area contributed by atoms with Crippen molar-refractivity contribution in [2.75, 3.05) is 26.7 Å². The summed E-state index contributed by atoms with van der Waals surface area (Å²) in [5, 5.41) is 6.26. The van der Waals surface area contributed by atoms with E-state index in [-0.39, 0.29) is 54.7 Å². The molecule has 0 bridgehead atoms. The molecule has 1 aliphatic rings. The molecule has 2 heterocycles. The van der Waals surface area contributed by atoms with E-state index in [1.165, 1.54) is 12.0 Å². The van der Waals surface area contributed by atoms with Crippen LogP contribution in [0.15, 0.2) is 28.7 Å². The van der Waals surface area contributed by atoms with Gasteiger partial charge in [0.2, 0.25) is 11.8 Å². The van der Waals surface area contributed by atoms with Crippen molar-refractivity contribution < 1.29 is 28.3 Å². The molecule has 3 amide bonds. The maximum Gasteiger partial charge on any atom is 0.287 e. The fourth-order valence-electron chi connectivity index (χ4n) is 4.14. The molecule has 2 aromatic rings. The zero-order valence-corrected chi connectivity index (χ0v) is 20.2. The van der Waals surface area contributed by atoms with Crippen LogP contribution in [0.25, 0.3) is 11.0 Å². The lowest BCUT2D eigenvalue weighted by atomic mass is 9.99. The number of amides is 3. The predicted molar refractivity (Wildman–Crippen MR) is 126 cm³/mol. The number of hydrogen-bond acceptors (Lipinski definition) is 6. The summed E-state index contributed by atoms with van der Waals surface area (Å²) in [6.07, 6.45) is 1.26. The molecule has 0 aliphatic carbocycles. The largest absolute Gasteiger partial charge is 0.493 e. The molecule has 1 fully saturated rings. The van der Waals surface area contributed by atoms with Crippen LogP contribution in [0.4, 0.5) is 0 Å². The number of ether oxygens (including phenoxy) is 1. The lowest BCUT2D eigenvalue weighted by molar-refractivity contribution is -0.137. The Hall–Kier alpha value is -3.36. The molecule has 1 saturated heterocycles. The number of furan rings is 1. The Morgan fingerprint density at radius 3 is 2.68 bits per heavy atom. The zero-order chi connectivity index (χ0) is 24.8. The van der Waals surface area contributed by atoms with Crippen LogP contribution in [-0.2, 0) is 14.4 Å². The number of hydrogen-bond donors (Lipinski definition) is 2. The minimum Gasteiger partial charge on any atom is -0.493 e. The second kappa shape index (κ2) is 11.2. The third-order valence-electron chi connectivity index (χ3n) is 5.96. The van der Waals surface area contributed by atoms with Crippen LogP contribution < -0.4 is 15.4 Å². The molecule has 184 valence electrons. The molecule has 0 unspecified atom stereocenters. The van der Waals surface area contributed by atoms with Crippen molar-refractivity contribution in [3.8, 4) is 5.75 Å². The summed E-state index contributed by atoms with van der Waals surface area (Å²) in [7, 11) is 1.52. The molecule has 3 rings (SSSR count). The molecular weight excluding hydrogens is 438 g/mol. The van der Waals surface area contributed by atoms with Crippen LogP contribution >= 0.6 is 0 Å². The molecule has 9 heteroatoms. The van der Waals surface area contributed by atoms with E-state index >= 15 is 0 Å². The van der Waals surface area contributed by atoms with E-state index in [1.807, 2.05) is 19.9 Å². The van der Waals surface area contributed by atoms with Gasteiger partial charge in [-0.25, -0.2) is 0 Å². The first-order valence-corrected chi connectivity index (χ1v) is 11.7. The minimum absolute atomic E-state index is 0.0742. The van der Waals surface area contributed by atoms with E-state index in [0.29, 0.717) is 36.1 Å². The van der Waals surface area contributed by atoms with Gasteiger partial charge in [-0.2, -0.15) is 0 Å². The fraction of sp³-hybridized carbons (Fsp3) is 0.520. The Kier molecular flexibility index (Phi) is 8.31. The van der Waals surface area contributed by atoms with Gasteiger partial charge in [0.15, 0.2) is 22.9 Å². The molecule has 1 aromatic heterocycles. The zero-order valence-electron chi connectivity index (χ0n) is 20.2. The minimum atomic E-state index is -0.799. The van der Waals surface area contributed by atoms with E-state index in [1.54, 1.807) is 25.1 Å². The smallest absolute Gasteiger partial charge is 0.287 e. The number of ketones is 1. The number of nitrogens with zero attached hydrogens (tertiary/aromatic N) is 1. The highest BCUT2D eigenvalue weighted by Gasteiger charge is 2.31. The van der Waals surface area contributed by atoms with Crippen molar-refractivity contribution in [2.45, 2.75) is 46.1 Å². The van der Waals surface area contributed by atoms with Gasteiger partial charge in [0.25, 0.3) is 5.91 Å². The highest BCUT2D eigenvalue weighted by Crippen LogP contribution is 2.28. The van der Waals surface area contributed by atoms with Crippen LogP contribution in [0, 0.1) is 11.8 Å². The predicted octanol–water partition coefficient (Wildman–Crippen LogP) is 2.53. The first kappa shape index (κ1) is 25.3. The lowest BCUT2D eigenvalue weighted by Crippen LogP contribution is -2.48. The van der Waals surface area contributed by atoms with E-state index in [2.05, 4.69) is 10.6 Å². The van der Waals surface area contributed by atoms with Gasteiger partial charge in [0, 0.05) is 24.9 Å². The molecule has 0 radical (unpaired) electrons. The molecule has 1 aromatic carbocycles. The summed E-state index contributed by atoms with van der Waals surface area (Å²) >= 11 is 0. The van der Waals surface area contributed by atoms with E-state index < -0.39 is 11.9 Å². The SMILES string of the molecule is CCC(=O)N(CC(=O)[C@H](CC(C)C)NC(=O)c1cc2cccc(OC)c2o1)C[C@@H]1CCNC1=O. The summed E-state index contributed by atoms with van der Waals surface area (Å²) < 4.78 is 11.0. The van der Waals surface area contributed by atoms with Crippen LogP contribution in [0.1, 0.15) is 50.6 Å². The van der Waals surface area contributed by atoms with Gasteiger partial charge >= 0.3 is 0 Å². The van der Waals surface area contributed by atoms with Crippen molar-refractivity contribution in [3.05, 3.63) is 30.0 Å². The molecular formula is C25H33N3O6.